The molecule has 0 aliphatic carbocycles. The summed E-state index contributed by atoms with van der Waals surface area (Å²) in [5.74, 6) is 2.58. The van der Waals surface area contributed by atoms with Crippen molar-refractivity contribution in [1.29, 1.82) is 0 Å². The summed E-state index contributed by atoms with van der Waals surface area (Å²) in [7, 11) is 0. The minimum absolute atomic E-state index is 0.200. The molecule has 3 rings (SSSR count). The van der Waals surface area contributed by atoms with Gasteiger partial charge in [0.2, 0.25) is 0 Å². The Hall–Kier alpha value is -2.95. The molecule has 3 aromatic rings. The molecule has 26 heavy (non-hydrogen) atoms. The molecule has 3 heterocycles. The number of anilines is 3. The maximum absolute atomic E-state index is 4.76. The van der Waals surface area contributed by atoms with E-state index in [1.54, 1.807) is 12.4 Å². The third-order valence-electron chi connectivity index (χ3n) is 3.78. The Kier molecular flexibility index (Phi) is 5.46. The van der Waals surface area contributed by atoms with Crippen molar-refractivity contribution in [3.05, 3.63) is 72.7 Å². The molecule has 0 amide bonds. The molecule has 1 N–H and O–H groups in total. The predicted molar refractivity (Wildman–Crippen MR) is 106 cm³/mol. The second kappa shape index (κ2) is 7.95. The summed E-state index contributed by atoms with van der Waals surface area (Å²) in [6.45, 7) is 8.07. The first kappa shape index (κ1) is 17.9. The maximum atomic E-state index is 4.76. The molecule has 0 aliphatic heterocycles. The zero-order valence-electron chi connectivity index (χ0n) is 15.6. The molecular formula is C21H25N5. The lowest BCUT2D eigenvalue weighted by Crippen LogP contribution is -2.21. The summed E-state index contributed by atoms with van der Waals surface area (Å²) in [5, 5.41) is 3.42. The highest BCUT2D eigenvalue weighted by molar-refractivity contribution is 5.55. The van der Waals surface area contributed by atoms with Gasteiger partial charge in [-0.25, -0.2) is 15.0 Å². The largest absolute Gasteiger partial charge is 0.370 e. The Morgan fingerprint density at radius 3 is 2.04 bits per heavy atom. The van der Waals surface area contributed by atoms with Crippen LogP contribution in [0.15, 0.2) is 67.0 Å². The van der Waals surface area contributed by atoms with Gasteiger partial charge in [0.1, 0.15) is 17.5 Å². The average Bonchev–Trinajstić information content (AvgIpc) is 2.66. The topological polar surface area (TPSA) is 53.9 Å². The molecule has 3 aromatic heterocycles. The lowest BCUT2D eigenvalue weighted by atomic mass is 9.97. The van der Waals surface area contributed by atoms with Gasteiger partial charge in [-0.3, -0.25) is 0 Å². The Morgan fingerprint density at radius 1 is 0.846 bits per heavy atom. The molecule has 134 valence electrons. The van der Waals surface area contributed by atoms with Gasteiger partial charge in [-0.15, -0.1) is 0 Å². The van der Waals surface area contributed by atoms with Crippen LogP contribution in [0.3, 0.4) is 0 Å². The molecule has 0 aliphatic rings. The van der Waals surface area contributed by atoms with Crippen molar-refractivity contribution in [2.45, 2.75) is 27.3 Å². The molecular weight excluding hydrogens is 322 g/mol. The molecule has 0 spiro atoms. The van der Waals surface area contributed by atoms with Crippen molar-refractivity contribution in [3.63, 3.8) is 0 Å². The van der Waals surface area contributed by atoms with Gasteiger partial charge in [-0.2, -0.15) is 0 Å². The summed E-state index contributed by atoms with van der Waals surface area (Å²) >= 11 is 0. The van der Waals surface area contributed by atoms with Crippen LogP contribution in [0.4, 0.5) is 17.5 Å². The molecule has 0 saturated heterocycles. The fourth-order valence-electron chi connectivity index (χ4n) is 2.49. The van der Waals surface area contributed by atoms with Crippen molar-refractivity contribution in [2.75, 3.05) is 16.8 Å². The Labute approximate surface area is 155 Å². The van der Waals surface area contributed by atoms with Crippen molar-refractivity contribution >= 4 is 17.5 Å². The molecule has 0 fully saturated rings. The first-order chi connectivity index (χ1) is 12.5. The Morgan fingerprint density at radius 2 is 1.50 bits per heavy atom. The second-order valence-corrected chi connectivity index (χ2v) is 7.39. The van der Waals surface area contributed by atoms with Crippen molar-refractivity contribution in [1.82, 2.24) is 15.0 Å². The van der Waals surface area contributed by atoms with Gasteiger partial charge in [0.25, 0.3) is 0 Å². The highest BCUT2D eigenvalue weighted by Crippen LogP contribution is 2.23. The van der Waals surface area contributed by atoms with Crippen LogP contribution in [0, 0.1) is 5.41 Å². The van der Waals surface area contributed by atoms with E-state index >= 15 is 0 Å². The van der Waals surface area contributed by atoms with Crippen LogP contribution in [0.5, 0.6) is 0 Å². The van der Waals surface area contributed by atoms with E-state index in [0.717, 1.165) is 29.7 Å². The Bertz CT molecular complexity index is 773. The standard InChI is InChI=1S/C21H25N5/c1-21(2,3)16-24-18-10-8-9-17(25-18)15-26(19-11-4-6-13-22-19)20-12-5-7-14-23-20/h4-14H,15-16H2,1-3H3,(H,24,25). The molecule has 0 aromatic carbocycles. The molecule has 0 unspecified atom stereocenters. The minimum atomic E-state index is 0.200. The van der Waals surface area contributed by atoms with Gasteiger partial charge in [-0.05, 0) is 41.8 Å². The summed E-state index contributed by atoms with van der Waals surface area (Å²) in [4.78, 5) is 15.8. The summed E-state index contributed by atoms with van der Waals surface area (Å²) in [6.07, 6.45) is 3.58. The van der Waals surface area contributed by atoms with Crippen LogP contribution < -0.4 is 10.2 Å². The fourth-order valence-corrected chi connectivity index (χ4v) is 2.49. The average molecular weight is 347 g/mol. The van der Waals surface area contributed by atoms with E-state index in [1.165, 1.54) is 0 Å². The van der Waals surface area contributed by atoms with E-state index in [0.29, 0.717) is 6.54 Å². The molecule has 5 nitrogen and oxygen atoms in total. The third-order valence-corrected chi connectivity index (χ3v) is 3.78. The molecule has 0 saturated carbocycles. The SMILES string of the molecule is CC(C)(C)CNc1cccc(CN(c2ccccn2)c2ccccn2)n1. The van der Waals surface area contributed by atoms with Crippen LogP contribution in [-0.2, 0) is 6.54 Å². The van der Waals surface area contributed by atoms with E-state index in [2.05, 4.69) is 41.0 Å². The summed E-state index contributed by atoms with van der Waals surface area (Å²) in [6, 6.07) is 17.8. The summed E-state index contributed by atoms with van der Waals surface area (Å²) in [5.41, 5.74) is 1.16. The van der Waals surface area contributed by atoms with E-state index in [-0.39, 0.29) is 5.41 Å². The lowest BCUT2D eigenvalue weighted by Gasteiger charge is -2.23. The minimum Gasteiger partial charge on any atom is -0.370 e. The highest BCUT2D eigenvalue weighted by Gasteiger charge is 2.14. The van der Waals surface area contributed by atoms with Crippen molar-refractivity contribution in [2.24, 2.45) is 5.41 Å². The number of hydrogen-bond acceptors (Lipinski definition) is 5. The van der Waals surface area contributed by atoms with E-state index in [4.69, 9.17) is 4.98 Å². The van der Waals surface area contributed by atoms with Gasteiger partial charge in [-0.1, -0.05) is 39.0 Å². The van der Waals surface area contributed by atoms with E-state index in [9.17, 15) is 0 Å². The number of pyridine rings is 3. The first-order valence-electron chi connectivity index (χ1n) is 8.81. The third kappa shape index (κ3) is 5.02. The van der Waals surface area contributed by atoms with Crippen molar-refractivity contribution < 1.29 is 0 Å². The van der Waals surface area contributed by atoms with Crippen LogP contribution in [0.2, 0.25) is 0 Å². The number of nitrogens with one attached hydrogen (secondary N) is 1. The number of nitrogens with zero attached hydrogens (tertiary/aromatic N) is 4. The molecule has 0 bridgehead atoms. The summed E-state index contributed by atoms with van der Waals surface area (Å²) < 4.78 is 0. The number of rotatable bonds is 6. The molecule has 5 heteroatoms. The maximum Gasteiger partial charge on any atom is 0.134 e. The van der Waals surface area contributed by atoms with Gasteiger partial charge >= 0.3 is 0 Å². The quantitative estimate of drug-likeness (QED) is 0.702. The van der Waals surface area contributed by atoms with Gasteiger partial charge in [0.05, 0.1) is 12.2 Å². The first-order valence-corrected chi connectivity index (χ1v) is 8.81. The smallest absolute Gasteiger partial charge is 0.134 e. The normalized spacial score (nSPS) is 11.2. The van der Waals surface area contributed by atoms with Crippen LogP contribution in [-0.4, -0.2) is 21.5 Å². The van der Waals surface area contributed by atoms with Gasteiger partial charge < -0.3 is 10.2 Å². The zero-order valence-corrected chi connectivity index (χ0v) is 15.6. The fraction of sp³-hybridized carbons (Fsp3) is 0.286. The van der Waals surface area contributed by atoms with Crippen molar-refractivity contribution in [3.8, 4) is 0 Å². The number of aromatic nitrogens is 3. The van der Waals surface area contributed by atoms with Crippen LogP contribution >= 0.6 is 0 Å². The highest BCUT2D eigenvalue weighted by atomic mass is 15.2. The van der Waals surface area contributed by atoms with Gasteiger partial charge in [0.15, 0.2) is 0 Å². The predicted octanol–water partition coefficient (Wildman–Crippen LogP) is 4.67. The van der Waals surface area contributed by atoms with Gasteiger partial charge in [0, 0.05) is 18.9 Å². The number of hydrogen-bond donors (Lipinski definition) is 1. The van der Waals surface area contributed by atoms with Crippen LogP contribution in [0.1, 0.15) is 26.5 Å². The van der Waals surface area contributed by atoms with Crippen LogP contribution in [0.25, 0.3) is 0 Å². The van der Waals surface area contributed by atoms with E-state index < -0.39 is 0 Å². The van der Waals surface area contributed by atoms with E-state index in [1.807, 2.05) is 54.6 Å². The molecule has 0 atom stereocenters. The lowest BCUT2D eigenvalue weighted by molar-refractivity contribution is 0.442. The second-order valence-electron chi connectivity index (χ2n) is 7.39. The molecule has 0 radical (unpaired) electrons. The Balaban J connectivity index is 1.83. The zero-order chi connectivity index (χ0) is 18.4. The monoisotopic (exact) mass is 347 g/mol.